The molecule has 0 amide bonds. The van der Waals surface area contributed by atoms with Crippen molar-refractivity contribution >= 4 is 17.2 Å². The predicted octanol–water partition coefficient (Wildman–Crippen LogP) is 3.10. The number of carbonyl (C=O) groups excluding carboxylic acids is 1. The van der Waals surface area contributed by atoms with E-state index >= 15 is 0 Å². The normalized spacial score (nSPS) is 11.6. The van der Waals surface area contributed by atoms with Crippen LogP contribution in [0, 0.1) is 0 Å². The van der Waals surface area contributed by atoms with Crippen LogP contribution in [0.1, 0.15) is 26.3 Å². The maximum absolute atomic E-state index is 12.1. The number of fused-ring (bicyclic) bond motifs is 1. The molecule has 0 atom stereocenters. The summed E-state index contributed by atoms with van der Waals surface area (Å²) >= 11 is 0. The second-order valence-electron chi connectivity index (χ2n) is 7.47. The van der Waals surface area contributed by atoms with Crippen molar-refractivity contribution in [3.63, 3.8) is 0 Å². The van der Waals surface area contributed by atoms with E-state index in [-0.39, 0.29) is 0 Å². The van der Waals surface area contributed by atoms with Crippen molar-refractivity contribution in [3.05, 3.63) is 60.8 Å². The van der Waals surface area contributed by atoms with E-state index in [1.54, 1.807) is 37.8 Å². The quantitative estimate of drug-likeness (QED) is 0.492. The average molecular weight is 392 g/mol. The number of benzene rings is 1. The second kappa shape index (κ2) is 7.34. The molecular formula is C20H20N6O3. The molecule has 0 aliphatic heterocycles. The van der Waals surface area contributed by atoms with Crippen molar-refractivity contribution in [2.24, 2.45) is 0 Å². The van der Waals surface area contributed by atoms with Crippen molar-refractivity contribution in [1.82, 2.24) is 29.7 Å². The maximum atomic E-state index is 12.1. The zero-order valence-electron chi connectivity index (χ0n) is 16.3. The molecule has 0 unspecified atom stereocenters. The Balaban J connectivity index is 1.64. The third kappa shape index (κ3) is 4.23. The summed E-state index contributed by atoms with van der Waals surface area (Å²) in [5.41, 5.74) is 2.19. The molecule has 4 aromatic rings. The predicted molar refractivity (Wildman–Crippen MR) is 105 cm³/mol. The number of hydrogen-bond acceptors (Lipinski definition) is 7. The average Bonchev–Trinajstić information content (AvgIpc) is 3.26. The van der Waals surface area contributed by atoms with Gasteiger partial charge in [0.05, 0.1) is 24.3 Å². The first-order chi connectivity index (χ1) is 13.9. The van der Waals surface area contributed by atoms with E-state index in [2.05, 4.69) is 20.3 Å². The van der Waals surface area contributed by atoms with Crippen LogP contribution in [0.4, 0.5) is 4.79 Å². The minimum Gasteiger partial charge on any atom is -0.427 e. The number of nitrogens with zero attached hydrogens (tertiary/aromatic N) is 6. The molecule has 0 saturated heterocycles. The van der Waals surface area contributed by atoms with E-state index in [9.17, 15) is 4.79 Å². The number of aromatic nitrogens is 6. The summed E-state index contributed by atoms with van der Waals surface area (Å²) in [6.45, 7) is 5.89. The van der Waals surface area contributed by atoms with Crippen LogP contribution in [0.5, 0.6) is 0 Å². The summed E-state index contributed by atoms with van der Waals surface area (Å²) in [5.74, 6) is 0. The maximum Gasteiger partial charge on any atom is 0.534 e. The highest BCUT2D eigenvalue weighted by atomic mass is 16.8. The van der Waals surface area contributed by atoms with Crippen molar-refractivity contribution in [2.45, 2.75) is 32.9 Å². The van der Waals surface area contributed by atoms with Crippen LogP contribution in [0.3, 0.4) is 0 Å². The SMILES string of the molecule is CC(C)(C)OC(=O)On1cc(-c2cn(Cc3ccccc3)nn2)c2cncnc21. The van der Waals surface area contributed by atoms with Crippen LogP contribution in [-0.4, -0.2) is 41.4 Å². The molecule has 0 aliphatic rings. The molecule has 9 heteroatoms. The van der Waals surface area contributed by atoms with Gasteiger partial charge in [-0.15, -0.1) is 5.10 Å². The monoisotopic (exact) mass is 392 g/mol. The Morgan fingerprint density at radius 3 is 2.69 bits per heavy atom. The first-order valence-corrected chi connectivity index (χ1v) is 9.06. The highest BCUT2D eigenvalue weighted by molar-refractivity contribution is 5.92. The summed E-state index contributed by atoms with van der Waals surface area (Å²) < 4.78 is 8.22. The number of rotatable bonds is 4. The largest absolute Gasteiger partial charge is 0.534 e. The smallest absolute Gasteiger partial charge is 0.427 e. The molecule has 0 N–H and O–H groups in total. The Hall–Kier alpha value is -3.75. The van der Waals surface area contributed by atoms with Gasteiger partial charge in [0.15, 0.2) is 5.65 Å². The fraction of sp³-hybridized carbons (Fsp3) is 0.250. The van der Waals surface area contributed by atoms with Gasteiger partial charge >= 0.3 is 6.16 Å². The summed E-state index contributed by atoms with van der Waals surface area (Å²) in [4.78, 5) is 25.7. The zero-order chi connectivity index (χ0) is 20.4. The van der Waals surface area contributed by atoms with Crippen molar-refractivity contribution in [1.29, 1.82) is 0 Å². The molecule has 4 rings (SSSR count). The molecule has 0 aliphatic carbocycles. The summed E-state index contributed by atoms with van der Waals surface area (Å²) in [6, 6.07) is 9.97. The summed E-state index contributed by atoms with van der Waals surface area (Å²) in [7, 11) is 0. The van der Waals surface area contributed by atoms with E-state index < -0.39 is 11.8 Å². The van der Waals surface area contributed by atoms with Crippen molar-refractivity contribution < 1.29 is 14.4 Å². The van der Waals surface area contributed by atoms with E-state index in [0.29, 0.717) is 28.8 Å². The molecule has 0 spiro atoms. The number of hydrogen-bond donors (Lipinski definition) is 0. The lowest BCUT2D eigenvalue weighted by Gasteiger charge is -2.18. The second-order valence-corrected chi connectivity index (χ2v) is 7.47. The minimum atomic E-state index is -0.827. The van der Waals surface area contributed by atoms with Gasteiger partial charge in [0, 0.05) is 11.8 Å². The molecule has 3 heterocycles. The molecule has 0 saturated carbocycles. The molecule has 29 heavy (non-hydrogen) atoms. The highest BCUT2D eigenvalue weighted by Gasteiger charge is 2.21. The van der Waals surface area contributed by atoms with Crippen LogP contribution in [-0.2, 0) is 11.3 Å². The first-order valence-electron chi connectivity index (χ1n) is 9.06. The zero-order valence-corrected chi connectivity index (χ0v) is 16.3. The van der Waals surface area contributed by atoms with E-state index in [4.69, 9.17) is 9.57 Å². The molecule has 0 radical (unpaired) electrons. The van der Waals surface area contributed by atoms with Gasteiger partial charge in [0.2, 0.25) is 0 Å². The van der Waals surface area contributed by atoms with Crippen LogP contribution in [0.15, 0.2) is 55.2 Å². The van der Waals surface area contributed by atoms with Gasteiger partial charge < -0.3 is 4.74 Å². The Bertz CT molecular complexity index is 1140. The van der Waals surface area contributed by atoms with Gasteiger partial charge in [-0.1, -0.05) is 35.5 Å². The Morgan fingerprint density at radius 1 is 1.14 bits per heavy atom. The van der Waals surface area contributed by atoms with Crippen molar-refractivity contribution in [3.8, 4) is 11.3 Å². The highest BCUT2D eigenvalue weighted by Crippen LogP contribution is 2.27. The third-order valence-electron chi connectivity index (χ3n) is 4.00. The van der Waals surface area contributed by atoms with Gasteiger partial charge in [-0.25, -0.2) is 19.4 Å². The number of carbonyl (C=O) groups is 1. The molecule has 3 aromatic heterocycles. The Labute approximate surface area is 166 Å². The van der Waals surface area contributed by atoms with Crippen molar-refractivity contribution in [2.75, 3.05) is 0 Å². The van der Waals surface area contributed by atoms with Gasteiger partial charge in [0.25, 0.3) is 0 Å². The standard InChI is InChI=1S/C20H20N6O3/c1-20(2,3)28-19(27)29-26-11-16(15-9-21-13-22-18(15)26)17-12-25(24-23-17)10-14-7-5-4-6-8-14/h4-9,11-13H,10H2,1-3H3. The molecule has 0 fully saturated rings. The molecule has 9 nitrogen and oxygen atoms in total. The summed E-state index contributed by atoms with van der Waals surface area (Å²) in [6.07, 6.45) is 5.65. The Kier molecular flexibility index (Phi) is 4.71. The topological polar surface area (TPSA) is 97.0 Å². The number of ether oxygens (including phenoxy) is 1. The fourth-order valence-corrected chi connectivity index (χ4v) is 2.83. The minimum absolute atomic E-state index is 0.429. The van der Waals surface area contributed by atoms with Gasteiger partial charge in [-0.05, 0) is 26.3 Å². The molecular weight excluding hydrogens is 372 g/mol. The van der Waals surface area contributed by atoms with Crippen LogP contribution in [0.2, 0.25) is 0 Å². The molecule has 0 bridgehead atoms. The van der Waals surface area contributed by atoms with E-state index in [1.165, 1.54) is 11.1 Å². The first kappa shape index (κ1) is 18.6. The van der Waals surface area contributed by atoms with Crippen LogP contribution in [0.25, 0.3) is 22.3 Å². The summed E-state index contributed by atoms with van der Waals surface area (Å²) in [5, 5.41) is 9.14. The lowest BCUT2D eigenvalue weighted by molar-refractivity contribution is -0.00895. The van der Waals surface area contributed by atoms with Gasteiger partial charge in [-0.3, -0.25) is 4.84 Å². The van der Waals surface area contributed by atoms with Crippen LogP contribution < -0.4 is 4.84 Å². The van der Waals surface area contributed by atoms with Gasteiger partial charge in [0.1, 0.15) is 17.6 Å². The lowest BCUT2D eigenvalue weighted by atomic mass is 10.2. The lowest BCUT2D eigenvalue weighted by Crippen LogP contribution is -2.29. The van der Waals surface area contributed by atoms with Gasteiger partial charge in [-0.2, -0.15) is 4.73 Å². The molecule has 148 valence electrons. The van der Waals surface area contributed by atoms with Crippen LogP contribution >= 0.6 is 0 Å². The molecule has 1 aromatic carbocycles. The Morgan fingerprint density at radius 2 is 1.93 bits per heavy atom. The fourth-order valence-electron chi connectivity index (χ4n) is 2.83. The third-order valence-corrected chi connectivity index (χ3v) is 4.00. The van der Waals surface area contributed by atoms with E-state index in [1.807, 2.05) is 36.5 Å². The van der Waals surface area contributed by atoms with E-state index in [0.717, 1.165) is 5.56 Å².